The Morgan fingerprint density at radius 1 is 1.09 bits per heavy atom. The number of rotatable bonds is 4. The van der Waals surface area contributed by atoms with Crippen molar-refractivity contribution in [1.29, 1.82) is 0 Å². The lowest BCUT2D eigenvalue weighted by atomic mass is 10.1. The van der Waals surface area contributed by atoms with E-state index in [-0.39, 0.29) is 11.5 Å². The molecule has 114 valence electrons. The van der Waals surface area contributed by atoms with Gasteiger partial charge in [-0.25, -0.2) is 18.4 Å². The first-order chi connectivity index (χ1) is 11.1. The van der Waals surface area contributed by atoms with Gasteiger partial charge in [0.25, 0.3) is 0 Å². The van der Waals surface area contributed by atoms with Crippen LogP contribution >= 0.6 is 0 Å². The minimum absolute atomic E-state index is 0.268. The van der Waals surface area contributed by atoms with Gasteiger partial charge in [0, 0.05) is 5.56 Å². The summed E-state index contributed by atoms with van der Waals surface area (Å²) in [6, 6.07) is 9.74. The fraction of sp³-hybridized carbons (Fsp3) is 0. The molecule has 0 saturated heterocycles. The van der Waals surface area contributed by atoms with E-state index >= 15 is 0 Å². The van der Waals surface area contributed by atoms with Crippen molar-refractivity contribution >= 4 is 11.9 Å². The molecular weight excluding hydrogens is 300 g/mol. The third-order valence-corrected chi connectivity index (χ3v) is 3.19. The molecule has 0 unspecified atom stereocenters. The number of allylic oxidation sites excluding steroid dienone is 1. The quantitative estimate of drug-likeness (QED) is 0.548. The average molecular weight is 311 g/mol. The van der Waals surface area contributed by atoms with Gasteiger partial charge in [0.2, 0.25) is 0 Å². The molecule has 2 aromatic carbocycles. The molecular formula is C17H11F2N3O. The van der Waals surface area contributed by atoms with Gasteiger partial charge in [0.05, 0.1) is 0 Å². The van der Waals surface area contributed by atoms with Gasteiger partial charge in [0.1, 0.15) is 30.0 Å². The van der Waals surface area contributed by atoms with Crippen LogP contribution in [0.15, 0.2) is 61.2 Å². The summed E-state index contributed by atoms with van der Waals surface area (Å²) in [6.07, 6.45) is 5.53. The Bertz CT molecular complexity index is 856. The molecule has 23 heavy (non-hydrogen) atoms. The lowest BCUT2D eigenvalue weighted by molar-refractivity contribution is 0.104. The molecule has 0 N–H and O–H groups in total. The molecule has 3 rings (SSSR count). The molecule has 0 amide bonds. The second kappa shape index (κ2) is 6.31. The number of nitrogens with zero attached hydrogens (tertiary/aromatic N) is 3. The molecule has 0 spiro atoms. The summed E-state index contributed by atoms with van der Waals surface area (Å²) < 4.78 is 28.2. The standard InChI is InChI=1S/C17H11F2N3O/c18-14-5-3-13(4-6-14)17(23)8-2-12-1-7-16(15(19)9-12)22-11-20-10-21-22/h1-11H/b8-2+. The maximum atomic E-state index is 14.1. The van der Waals surface area contributed by atoms with E-state index in [1.807, 2.05) is 0 Å². The molecule has 0 aliphatic heterocycles. The van der Waals surface area contributed by atoms with E-state index in [2.05, 4.69) is 10.1 Å². The fourth-order valence-electron chi connectivity index (χ4n) is 2.03. The molecule has 1 heterocycles. The van der Waals surface area contributed by atoms with Crippen molar-refractivity contribution in [3.05, 3.63) is 84.0 Å². The number of benzene rings is 2. The Kier molecular flexibility index (Phi) is 4.05. The highest BCUT2D eigenvalue weighted by Gasteiger charge is 2.06. The molecule has 0 radical (unpaired) electrons. The van der Waals surface area contributed by atoms with Crippen LogP contribution in [0.3, 0.4) is 0 Å². The first-order valence-corrected chi connectivity index (χ1v) is 6.76. The van der Waals surface area contributed by atoms with E-state index < -0.39 is 11.6 Å². The maximum absolute atomic E-state index is 14.1. The first kappa shape index (κ1) is 14.8. The molecule has 1 aromatic heterocycles. The van der Waals surface area contributed by atoms with Gasteiger partial charge in [-0.15, -0.1) is 0 Å². The molecule has 0 aliphatic carbocycles. The summed E-state index contributed by atoms with van der Waals surface area (Å²) >= 11 is 0. The molecule has 0 saturated carbocycles. The summed E-state index contributed by atoms with van der Waals surface area (Å²) in [6.45, 7) is 0. The Hall–Kier alpha value is -3.15. The fourth-order valence-corrected chi connectivity index (χ4v) is 2.03. The minimum atomic E-state index is -0.480. The lowest BCUT2D eigenvalue weighted by Crippen LogP contribution is -1.98. The number of carbonyl (C=O) groups excluding carboxylic acids is 1. The van der Waals surface area contributed by atoms with E-state index in [4.69, 9.17) is 0 Å². The molecule has 0 atom stereocenters. The van der Waals surface area contributed by atoms with Crippen molar-refractivity contribution in [3.63, 3.8) is 0 Å². The van der Waals surface area contributed by atoms with Crippen molar-refractivity contribution in [2.45, 2.75) is 0 Å². The van der Waals surface area contributed by atoms with Crippen LogP contribution in [0.2, 0.25) is 0 Å². The van der Waals surface area contributed by atoms with E-state index in [0.29, 0.717) is 11.1 Å². The zero-order valence-electron chi connectivity index (χ0n) is 11.9. The summed E-state index contributed by atoms with van der Waals surface area (Å²) in [7, 11) is 0. The zero-order valence-corrected chi connectivity index (χ0v) is 11.9. The molecule has 0 bridgehead atoms. The highest BCUT2D eigenvalue weighted by Crippen LogP contribution is 2.15. The van der Waals surface area contributed by atoms with Crippen molar-refractivity contribution in [1.82, 2.24) is 14.8 Å². The highest BCUT2D eigenvalue weighted by molar-refractivity contribution is 6.06. The highest BCUT2D eigenvalue weighted by atomic mass is 19.1. The second-order valence-electron chi connectivity index (χ2n) is 4.76. The zero-order chi connectivity index (χ0) is 16.2. The number of ketones is 1. The average Bonchev–Trinajstić information content (AvgIpc) is 3.07. The molecule has 0 aliphatic rings. The first-order valence-electron chi connectivity index (χ1n) is 6.76. The molecule has 3 aromatic rings. The number of hydrogen-bond acceptors (Lipinski definition) is 3. The topological polar surface area (TPSA) is 47.8 Å². The maximum Gasteiger partial charge on any atom is 0.185 e. The van der Waals surface area contributed by atoms with Crippen LogP contribution in [0.25, 0.3) is 11.8 Å². The second-order valence-corrected chi connectivity index (χ2v) is 4.76. The van der Waals surface area contributed by atoms with Crippen LogP contribution in [0, 0.1) is 11.6 Å². The van der Waals surface area contributed by atoms with Crippen molar-refractivity contribution in [3.8, 4) is 5.69 Å². The Morgan fingerprint density at radius 2 is 1.87 bits per heavy atom. The lowest BCUT2D eigenvalue weighted by Gasteiger charge is -2.03. The van der Waals surface area contributed by atoms with E-state index in [9.17, 15) is 13.6 Å². The van der Waals surface area contributed by atoms with Crippen molar-refractivity contribution in [2.75, 3.05) is 0 Å². The van der Waals surface area contributed by atoms with Gasteiger partial charge >= 0.3 is 0 Å². The van der Waals surface area contributed by atoms with E-state index in [1.54, 1.807) is 12.1 Å². The number of hydrogen-bond donors (Lipinski definition) is 0. The summed E-state index contributed by atoms with van der Waals surface area (Å²) in [5, 5.41) is 3.86. The normalized spacial score (nSPS) is 11.0. The van der Waals surface area contributed by atoms with E-state index in [1.165, 1.54) is 59.8 Å². The van der Waals surface area contributed by atoms with Crippen molar-refractivity contribution < 1.29 is 13.6 Å². The molecule has 6 heteroatoms. The Labute approximate surface area is 130 Å². The summed E-state index contributed by atoms with van der Waals surface area (Å²) in [4.78, 5) is 15.7. The predicted molar refractivity (Wildman–Crippen MR) is 81.1 cm³/mol. The van der Waals surface area contributed by atoms with Gasteiger partial charge in [-0.2, -0.15) is 5.10 Å². The summed E-state index contributed by atoms with van der Waals surface area (Å²) in [5.74, 6) is -1.17. The van der Waals surface area contributed by atoms with Crippen LogP contribution in [0.5, 0.6) is 0 Å². The Morgan fingerprint density at radius 3 is 2.52 bits per heavy atom. The van der Waals surface area contributed by atoms with Crippen molar-refractivity contribution in [2.24, 2.45) is 0 Å². The van der Waals surface area contributed by atoms with Gasteiger partial charge in [-0.05, 0) is 48.0 Å². The van der Waals surface area contributed by atoms with Crippen LogP contribution in [-0.4, -0.2) is 20.5 Å². The number of aromatic nitrogens is 3. The molecule has 4 nitrogen and oxygen atoms in total. The third kappa shape index (κ3) is 3.37. The van der Waals surface area contributed by atoms with Crippen LogP contribution in [0.1, 0.15) is 15.9 Å². The van der Waals surface area contributed by atoms with Crippen LogP contribution in [0.4, 0.5) is 8.78 Å². The van der Waals surface area contributed by atoms with E-state index in [0.717, 1.165) is 0 Å². The number of carbonyl (C=O) groups is 1. The monoisotopic (exact) mass is 311 g/mol. The summed E-state index contributed by atoms with van der Waals surface area (Å²) in [5.41, 5.74) is 1.16. The van der Waals surface area contributed by atoms with Crippen LogP contribution in [-0.2, 0) is 0 Å². The number of halogens is 2. The smallest absolute Gasteiger partial charge is 0.185 e. The SMILES string of the molecule is O=C(/C=C/c1ccc(-n2cncn2)c(F)c1)c1ccc(F)cc1. The van der Waals surface area contributed by atoms with Gasteiger partial charge in [-0.1, -0.05) is 12.1 Å². The van der Waals surface area contributed by atoms with Gasteiger partial charge in [0.15, 0.2) is 5.78 Å². The predicted octanol–water partition coefficient (Wildman–Crippen LogP) is 3.44. The van der Waals surface area contributed by atoms with Crippen LogP contribution < -0.4 is 0 Å². The molecule has 0 fully saturated rings. The Balaban J connectivity index is 1.79. The minimum Gasteiger partial charge on any atom is -0.289 e. The third-order valence-electron chi connectivity index (χ3n) is 3.19. The van der Waals surface area contributed by atoms with Gasteiger partial charge < -0.3 is 0 Å². The largest absolute Gasteiger partial charge is 0.289 e. The van der Waals surface area contributed by atoms with Gasteiger partial charge in [-0.3, -0.25) is 4.79 Å².